The van der Waals surface area contributed by atoms with Crippen LogP contribution in [0, 0.1) is 12.9 Å². The highest BCUT2D eigenvalue weighted by Crippen LogP contribution is 2.21. The van der Waals surface area contributed by atoms with E-state index < -0.39 is 30.5 Å². The number of aliphatic hydroxyl groups excluding tert-OH is 2. The van der Waals surface area contributed by atoms with Gasteiger partial charge in [-0.1, -0.05) is 0 Å². The van der Waals surface area contributed by atoms with Crippen molar-refractivity contribution in [3.05, 3.63) is 29.3 Å². The van der Waals surface area contributed by atoms with Crippen molar-refractivity contribution in [2.24, 2.45) is 0 Å². The number of carbonyl (C=O) groups is 1. The average Bonchev–Trinajstić information content (AvgIpc) is 2.15. The topological polar surface area (TPSA) is 90.7 Å². The number of rotatable bonds is 4. The summed E-state index contributed by atoms with van der Waals surface area (Å²) >= 11 is 0. The lowest BCUT2D eigenvalue weighted by Crippen LogP contribution is -2.22. The van der Waals surface area contributed by atoms with Gasteiger partial charge in [-0.25, -0.2) is 4.98 Å². The molecule has 0 amide bonds. The van der Waals surface area contributed by atoms with Crippen molar-refractivity contribution in [1.29, 1.82) is 0 Å². The molecule has 88 valence electrons. The molecule has 1 aromatic rings. The maximum Gasteiger partial charge on any atom is 0.306 e. The lowest BCUT2D eigenvalue weighted by molar-refractivity contribution is -0.141. The Hall–Kier alpha value is -1.53. The highest BCUT2D eigenvalue weighted by molar-refractivity contribution is 5.67. The maximum absolute atomic E-state index is 12.7. The Morgan fingerprint density at radius 2 is 2.19 bits per heavy atom. The molecule has 1 rings (SSSR count). The number of aryl methyl sites for hydroxylation is 1. The Labute approximate surface area is 91.2 Å². The second kappa shape index (κ2) is 5.00. The van der Waals surface area contributed by atoms with E-state index in [1.807, 2.05) is 0 Å². The van der Waals surface area contributed by atoms with Crippen LogP contribution in [0.2, 0.25) is 0 Å². The monoisotopic (exact) mass is 229 g/mol. The van der Waals surface area contributed by atoms with Crippen LogP contribution in [0.5, 0.6) is 0 Å². The molecule has 0 saturated carbocycles. The first-order chi connectivity index (χ1) is 7.41. The van der Waals surface area contributed by atoms with Crippen LogP contribution in [0.4, 0.5) is 4.39 Å². The summed E-state index contributed by atoms with van der Waals surface area (Å²) in [5.74, 6) is -1.92. The lowest BCUT2D eigenvalue weighted by Gasteiger charge is -2.17. The number of hydrogen-bond donors (Lipinski definition) is 3. The van der Waals surface area contributed by atoms with Crippen molar-refractivity contribution >= 4 is 5.97 Å². The summed E-state index contributed by atoms with van der Waals surface area (Å²) in [6.45, 7) is 1.54. The molecule has 0 aromatic carbocycles. The zero-order chi connectivity index (χ0) is 12.3. The van der Waals surface area contributed by atoms with Crippen molar-refractivity contribution in [2.45, 2.75) is 25.6 Å². The van der Waals surface area contributed by atoms with Gasteiger partial charge in [0.1, 0.15) is 6.10 Å². The number of aliphatic hydroxyl groups is 2. The lowest BCUT2D eigenvalue weighted by atomic mass is 10.00. The highest BCUT2D eigenvalue weighted by atomic mass is 19.1. The van der Waals surface area contributed by atoms with Crippen LogP contribution in [-0.2, 0) is 4.79 Å². The number of halogens is 1. The smallest absolute Gasteiger partial charge is 0.306 e. The summed E-state index contributed by atoms with van der Waals surface area (Å²) in [6, 6.07) is 1.10. The number of nitrogens with zero attached hydrogens (tertiary/aromatic N) is 1. The normalized spacial score (nSPS) is 14.5. The molecular formula is C10H12FNO4. The third-order valence-corrected chi connectivity index (χ3v) is 2.18. The molecule has 0 bridgehead atoms. The minimum atomic E-state index is -1.44. The minimum absolute atomic E-state index is 0.218. The zero-order valence-corrected chi connectivity index (χ0v) is 8.59. The molecule has 1 heterocycles. The molecule has 5 nitrogen and oxygen atoms in total. The summed E-state index contributed by atoms with van der Waals surface area (Å²) in [5.41, 5.74) is 0.625. The summed E-state index contributed by atoms with van der Waals surface area (Å²) in [5, 5.41) is 27.5. The fourth-order valence-electron chi connectivity index (χ4n) is 1.34. The van der Waals surface area contributed by atoms with E-state index in [4.69, 9.17) is 5.11 Å². The van der Waals surface area contributed by atoms with Crippen LogP contribution in [0.15, 0.2) is 12.3 Å². The number of carboxylic acids is 1. The van der Waals surface area contributed by atoms with Crippen LogP contribution >= 0.6 is 0 Å². The van der Waals surface area contributed by atoms with E-state index in [1.165, 1.54) is 6.92 Å². The Kier molecular flexibility index (Phi) is 3.92. The van der Waals surface area contributed by atoms with Crippen molar-refractivity contribution in [3.8, 4) is 0 Å². The molecule has 3 N–H and O–H groups in total. The highest BCUT2D eigenvalue weighted by Gasteiger charge is 2.23. The minimum Gasteiger partial charge on any atom is -0.481 e. The van der Waals surface area contributed by atoms with E-state index in [1.54, 1.807) is 0 Å². The molecule has 0 aliphatic heterocycles. The van der Waals surface area contributed by atoms with Crippen LogP contribution in [0.3, 0.4) is 0 Å². The van der Waals surface area contributed by atoms with Gasteiger partial charge in [-0.05, 0) is 18.6 Å². The van der Waals surface area contributed by atoms with E-state index in [2.05, 4.69) is 4.98 Å². The van der Waals surface area contributed by atoms with Gasteiger partial charge in [-0.15, -0.1) is 0 Å². The molecule has 0 saturated heterocycles. The van der Waals surface area contributed by atoms with Gasteiger partial charge in [-0.2, -0.15) is 4.39 Å². The summed E-state index contributed by atoms with van der Waals surface area (Å²) < 4.78 is 12.7. The Bertz CT molecular complexity index is 396. The number of hydrogen-bond acceptors (Lipinski definition) is 4. The number of pyridine rings is 1. The van der Waals surface area contributed by atoms with E-state index in [0.717, 1.165) is 12.3 Å². The Morgan fingerprint density at radius 1 is 1.56 bits per heavy atom. The molecular weight excluding hydrogens is 217 g/mol. The van der Waals surface area contributed by atoms with Gasteiger partial charge in [0.25, 0.3) is 0 Å². The number of aromatic nitrogens is 1. The summed E-state index contributed by atoms with van der Waals surface area (Å²) in [7, 11) is 0. The summed E-state index contributed by atoms with van der Waals surface area (Å²) in [4.78, 5) is 13.7. The van der Waals surface area contributed by atoms with Gasteiger partial charge < -0.3 is 15.3 Å². The second-order valence-corrected chi connectivity index (χ2v) is 3.47. The van der Waals surface area contributed by atoms with Gasteiger partial charge in [0.05, 0.1) is 12.5 Å². The molecule has 0 spiro atoms. The fraction of sp³-hybridized carbons (Fsp3) is 0.400. The molecule has 0 aliphatic carbocycles. The van der Waals surface area contributed by atoms with Crippen LogP contribution in [0.1, 0.15) is 23.7 Å². The van der Waals surface area contributed by atoms with Crippen molar-refractivity contribution in [2.75, 3.05) is 0 Å². The molecule has 0 fully saturated rings. The van der Waals surface area contributed by atoms with Crippen molar-refractivity contribution in [3.63, 3.8) is 0 Å². The molecule has 1 aromatic heterocycles. The first kappa shape index (κ1) is 12.5. The van der Waals surface area contributed by atoms with Gasteiger partial charge in [-0.3, -0.25) is 4.79 Å². The zero-order valence-electron chi connectivity index (χ0n) is 8.59. The predicted molar refractivity (Wildman–Crippen MR) is 52.2 cm³/mol. The largest absolute Gasteiger partial charge is 0.481 e. The fourth-order valence-corrected chi connectivity index (χ4v) is 1.34. The third kappa shape index (κ3) is 2.98. The van der Waals surface area contributed by atoms with Gasteiger partial charge >= 0.3 is 5.97 Å². The maximum atomic E-state index is 12.7. The molecule has 0 aliphatic rings. The Balaban J connectivity index is 2.87. The van der Waals surface area contributed by atoms with Crippen LogP contribution < -0.4 is 0 Å². The third-order valence-electron chi connectivity index (χ3n) is 2.18. The van der Waals surface area contributed by atoms with Crippen LogP contribution in [-0.4, -0.2) is 32.4 Å². The van der Waals surface area contributed by atoms with Gasteiger partial charge in [0.15, 0.2) is 0 Å². The summed E-state index contributed by atoms with van der Waals surface area (Å²) in [6.07, 6.45) is -2.33. The van der Waals surface area contributed by atoms with Gasteiger partial charge in [0, 0.05) is 11.8 Å². The molecule has 6 heteroatoms. The van der Waals surface area contributed by atoms with Gasteiger partial charge in [0.2, 0.25) is 5.95 Å². The van der Waals surface area contributed by atoms with E-state index in [0.29, 0.717) is 5.56 Å². The second-order valence-electron chi connectivity index (χ2n) is 3.47. The average molecular weight is 229 g/mol. The van der Waals surface area contributed by atoms with E-state index >= 15 is 0 Å². The number of carboxylic acid groups (broad SMARTS) is 1. The van der Waals surface area contributed by atoms with Crippen molar-refractivity contribution in [1.82, 2.24) is 4.98 Å². The quantitative estimate of drug-likeness (QED) is 0.650. The predicted octanol–water partition coefficient (Wildman–Crippen LogP) is 0.398. The Morgan fingerprint density at radius 3 is 2.69 bits per heavy atom. The van der Waals surface area contributed by atoms with E-state index in [9.17, 15) is 19.4 Å². The van der Waals surface area contributed by atoms with E-state index in [-0.39, 0.29) is 5.56 Å². The molecule has 2 atom stereocenters. The van der Waals surface area contributed by atoms with Crippen molar-refractivity contribution < 1.29 is 24.5 Å². The molecule has 16 heavy (non-hydrogen) atoms. The first-order valence-corrected chi connectivity index (χ1v) is 4.61. The first-order valence-electron chi connectivity index (χ1n) is 4.61. The molecule has 2 unspecified atom stereocenters. The standard InChI is InChI=1S/C10H12FNO4/c1-5-2-8(11)12-4-6(5)10(16)7(13)3-9(14)15/h2,4,7,10,13,16H,3H2,1H3,(H,14,15). The van der Waals surface area contributed by atoms with Crippen LogP contribution in [0.25, 0.3) is 0 Å². The SMILES string of the molecule is Cc1cc(F)ncc1C(O)C(O)CC(=O)O. The number of aliphatic carboxylic acids is 1. The molecule has 0 radical (unpaired) electrons.